The van der Waals surface area contributed by atoms with Gasteiger partial charge in [-0.1, -0.05) is 12.0 Å². The van der Waals surface area contributed by atoms with E-state index < -0.39 is 0 Å². The molecule has 2 aromatic heterocycles. The molecular weight excluding hydrogens is 250 g/mol. The van der Waals surface area contributed by atoms with Crippen molar-refractivity contribution in [3.05, 3.63) is 22.0 Å². The lowest BCUT2D eigenvalue weighted by molar-refractivity contribution is 0.478. The molecule has 2 aromatic rings. The topological polar surface area (TPSA) is 75.9 Å². The molecule has 0 fully saturated rings. The van der Waals surface area contributed by atoms with Gasteiger partial charge in [-0.25, -0.2) is 4.98 Å². The molecule has 0 spiro atoms. The Morgan fingerprint density at radius 2 is 2.28 bits per heavy atom. The average molecular weight is 267 g/mol. The van der Waals surface area contributed by atoms with Crippen LogP contribution in [-0.2, 0) is 6.54 Å². The molecule has 7 heteroatoms. The molecule has 2 N–H and O–H groups in total. The number of aromatic nitrogens is 3. The summed E-state index contributed by atoms with van der Waals surface area (Å²) in [6, 6.07) is 0.499. The molecule has 18 heavy (non-hydrogen) atoms. The molecule has 0 bridgehead atoms. The van der Waals surface area contributed by atoms with Gasteiger partial charge in [-0.05, 0) is 20.4 Å². The number of thiazole rings is 1. The molecule has 0 amide bonds. The predicted octanol–water partition coefficient (Wildman–Crippen LogP) is 2.12. The van der Waals surface area contributed by atoms with Crippen LogP contribution in [-0.4, -0.2) is 21.7 Å². The molecule has 1 unspecified atom stereocenters. The molecule has 1 atom stereocenters. The van der Waals surface area contributed by atoms with E-state index in [2.05, 4.69) is 25.8 Å². The van der Waals surface area contributed by atoms with Crippen molar-refractivity contribution >= 4 is 17.4 Å². The Kier molecular flexibility index (Phi) is 4.27. The third kappa shape index (κ3) is 3.27. The quantitative estimate of drug-likeness (QED) is 0.835. The van der Waals surface area contributed by atoms with E-state index in [4.69, 9.17) is 4.42 Å². The maximum Gasteiger partial charge on any atom is 0.316 e. The van der Waals surface area contributed by atoms with Gasteiger partial charge in [-0.15, -0.1) is 16.4 Å². The van der Waals surface area contributed by atoms with Crippen LogP contribution in [0.25, 0.3) is 0 Å². The van der Waals surface area contributed by atoms with E-state index in [0.717, 1.165) is 17.2 Å². The summed E-state index contributed by atoms with van der Waals surface area (Å²) in [6.07, 6.45) is 0. The fourth-order valence-electron chi connectivity index (χ4n) is 1.43. The summed E-state index contributed by atoms with van der Waals surface area (Å²) in [5.74, 6) is 0.585. The minimum absolute atomic E-state index is 0.0659. The summed E-state index contributed by atoms with van der Waals surface area (Å²) in [6.45, 7) is 7.50. The van der Waals surface area contributed by atoms with Crippen molar-refractivity contribution in [1.82, 2.24) is 20.5 Å². The summed E-state index contributed by atoms with van der Waals surface area (Å²) >= 11 is 1.62. The van der Waals surface area contributed by atoms with Gasteiger partial charge in [0.25, 0.3) is 0 Å². The Labute approximate surface area is 110 Å². The summed E-state index contributed by atoms with van der Waals surface area (Å²) in [4.78, 5) is 4.42. The van der Waals surface area contributed by atoms with E-state index in [1.807, 2.05) is 26.2 Å². The number of hydrogen-bond acceptors (Lipinski definition) is 7. The SMILES string of the molecule is CCNCc1nnc(NC(C)c2nc(C)cs2)o1. The maximum absolute atomic E-state index is 5.47. The minimum Gasteiger partial charge on any atom is -0.407 e. The third-order valence-corrected chi connectivity index (χ3v) is 3.49. The van der Waals surface area contributed by atoms with Gasteiger partial charge in [0.1, 0.15) is 5.01 Å². The fraction of sp³-hybridized carbons (Fsp3) is 0.545. The van der Waals surface area contributed by atoms with E-state index in [1.165, 1.54) is 0 Å². The molecule has 0 aliphatic heterocycles. The summed E-state index contributed by atoms with van der Waals surface area (Å²) < 4.78 is 5.47. The van der Waals surface area contributed by atoms with Gasteiger partial charge in [-0.3, -0.25) is 0 Å². The van der Waals surface area contributed by atoms with Crippen molar-refractivity contribution < 1.29 is 4.42 Å². The van der Waals surface area contributed by atoms with E-state index in [-0.39, 0.29) is 6.04 Å². The zero-order valence-electron chi connectivity index (χ0n) is 10.7. The highest BCUT2D eigenvalue weighted by atomic mass is 32.1. The molecule has 2 rings (SSSR count). The van der Waals surface area contributed by atoms with E-state index in [9.17, 15) is 0 Å². The molecule has 0 aliphatic rings. The van der Waals surface area contributed by atoms with E-state index in [0.29, 0.717) is 18.5 Å². The molecule has 0 aromatic carbocycles. The second-order valence-electron chi connectivity index (χ2n) is 3.97. The standard InChI is InChI=1S/C11H17N5OS/c1-4-12-5-9-15-16-11(17-9)14-8(3)10-13-7(2)6-18-10/h6,8,12H,4-5H2,1-3H3,(H,14,16). The van der Waals surface area contributed by atoms with Crippen LogP contribution in [0, 0.1) is 6.92 Å². The van der Waals surface area contributed by atoms with Crippen molar-refractivity contribution in [2.24, 2.45) is 0 Å². The van der Waals surface area contributed by atoms with Crippen LogP contribution in [0.4, 0.5) is 6.01 Å². The second kappa shape index (κ2) is 5.92. The van der Waals surface area contributed by atoms with Crippen molar-refractivity contribution in [3.8, 4) is 0 Å². The monoisotopic (exact) mass is 267 g/mol. The number of aryl methyl sites for hydroxylation is 1. The first-order chi connectivity index (χ1) is 8.69. The third-order valence-electron chi connectivity index (χ3n) is 2.34. The minimum atomic E-state index is 0.0659. The van der Waals surface area contributed by atoms with Crippen LogP contribution < -0.4 is 10.6 Å². The highest BCUT2D eigenvalue weighted by Crippen LogP contribution is 2.21. The van der Waals surface area contributed by atoms with Crippen molar-refractivity contribution in [1.29, 1.82) is 0 Å². The number of anilines is 1. The van der Waals surface area contributed by atoms with Crippen molar-refractivity contribution in [2.45, 2.75) is 33.4 Å². The predicted molar refractivity (Wildman–Crippen MR) is 70.6 cm³/mol. The van der Waals surface area contributed by atoms with Crippen LogP contribution >= 0.6 is 11.3 Å². The highest BCUT2D eigenvalue weighted by molar-refractivity contribution is 7.09. The number of rotatable bonds is 6. The zero-order chi connectivity index (χ0) is 13.0. The van der Waals surface area contributed by atoms with Gasteiger partial charge >= 0.3 is 6.01 Å². The van der Waals surface area contributed by atoms with E-state index >= 15 is 0 Å². The largest absolute Gasteiger partial charge is 0.407 e. The van der Waals surface area contributed by atoms with Crippen LogP contribution in [0.5, 0.6) is 0 Å². The van der Waals surface area contributed by atoms with E-state index in [1.54, 1.807) is 11.3 Å². The van der Waals surface area contributed by atoms with Gasteiger partial charge in [0, 0.05) is 11.1 Å². The lowest BCUT2D eigenvalue weighted by Gasteiger charge is -2.07. The normalized spacial score (nSPS) is 12.6. The number of nitrogens with zero attached hydrogens (tertiary/aromatic N) is 3. The Bertz CT molecular complexity index is 495. The number of hydrogen-bond donors (Lipinski definition) is 2. The molecule has 0 saturated carbocycles. The van der Waals surface area contributed by atoms with Crippen LogP contribution in [0.15, 0.2) is 9.80 Å². The Hall–Kier alpha value is -1.47. The summed E-state index contributed by atoms with van der Waals surface area (Å²) in [5.41, 5.74) is 1.03. The maximum atomic E-state index is 5.47. The Balaban J connectivity index is 1.94. The van der Waals surface area contributed by atoms with Gasteiger partial charge in [-0.2, -0.15) is 0 Å². The zero-order valence-corrected chi connectivity index (χ0v) is 11.5. The first-order valence-corrected chi connectivity index (χ1v) is 6.78. The van der Waals surface area contributed by atoms with Gasteiger partial charge in [0.05, 0.1) is 12.6 Å². The first-order valence-electron chi connectivity index (χ1n) is 5.90. The van der Waals surface area contributed by atoms with Crippen molar-refractivity contribution in [3.63, 3.8) is 0 Å². The first kappa shape index (κ1) is 13.0. The molecule has 98 valence electrons. The fourth-order valence-corrected chi connectivity index (χ4v) is 2.24. The van der Waals surface area contributed by atoms with Gasteiger partial charge < -0.3 is 15.1 Å². The molecule has 0 saturated heterocycles. The van der Waals surface area contributed by atoms with Gasteiger partial charge in [0.15, 0.2) is 0 Å². The Morgan fingerprint density at radius 3 is 2.94 bits per heavy atom. The summed E-state index contributed by atoms with van der Waals surface area (Å²) in [7, 11) is 0. The van der Waals surface area contributed by atoms with Gasteiger partial charge in [0.2, 0.25) is 5.89 Å². The smallest absolute Gasteiger partial charge is 0.316 e. The van der Waals surface area contributed by atoms with Crippen LogP contribution in [0.3, 0.4) is 0 Å². The van der Waals surface area contributed by atoms with Crippen LogP contribution in [0.2, 0.25) is 0 Å². The van der Waals surface area contributed by atoms with Crippen LogP contribution in [0.1, 0.15) is 36.5 Å². The molecule has 6 nitrogen and oxygen atoms in total. The molecule has 0 aliphatic carbocycles. The highest BCUT2D eigenvalue weighted by Gasteiger charge is 2.13. The lowest BCUT2D eigenvalue weighted by atomic mass is 10.3. The summed E-state index contributed by atoms with van der Waals surface area (Å²) in [5, 5.41) is 17.2. The Morgan fingerprint density at radius 1 is 1.44 bits per heavy atom. The molecular formula is C11H17N5OS. The second-order valence-corrected chi connectivity index (χ2v) is 4.86. The van der Waals surface area contributed by atoms with Crippen molar-refractivity contribution in [2.75, 3.05) is 11.9 Å². The number of nitrogens with one attached hydrogen (secondary N) is 2. The molecule has 0 radical (unpaired) electrons. The molecule has 2 heterocycles. The lowest BCUT2D eigenvalue weighted by Crippen LogP contribution is -2.11. The average Bonchev–Trinajstić information content (AvgIpc) is 2.96.